The highest BCUT2D eigenvalue weighted by Crippen LogP contribution is 2.20. The molecule has 0 aliphatic carbocycles. The fourth-order valence-corrected chi connectivity index (χ4v) is 1.79. The van der Waals surface area contributed by atoms with E-state index in [0.717, 1.165) is 5.56 Å². The first-order chi connectivity index (χ1) is 9.58. The van der Waals surface area contributed by atoms with Crippen LogP contribution in [0.25, 0.3) is 11.3 Å². The molecule has 0 spiro atoms. The van der Waals surface area contributed by atoms with Crippen molar-refractivity contribution in [3.63, 3.8) is 0 Å². The normalized spacial score (nSPS) is 12.2. The maximum atomic E-state index is 12.1. The molecule has 0 fully saturated rings. The lowest BCUT2D eigenvalue weighted by molar-refractivity contribution is 0.0759. The summed E-state index contributed by atoms with van der Waals surface area (Å²) in [6.45, 7) is 2.17. The number of carbonyl (C=O) groups excluding carboxylic acids is 1. The van der Waals surface area contributed by atoms with Crippen LogP contribution in [0.3, 0.4) is 0 Å². The molecule has 0 radical (unpaired) electrons. The Morgan fingerprint density at radius 2 is 2.10 bits per heavy atom. The van der Waals surface area contributed by atoms with Gasteiger partial charge in [0.25, 0.3) is 5.91 Å². The molecular weight excluding hydrogens is 256 g/mol. The van der Waals surface area contributed by atoms with E-state index in [1.165, 1.54) is 4.90 Å². The highest BCUT2D eigenvalue weighted by atomic mass is 16.5. The number of aromatic nitrogens is 1. The van der Waals surface area contributed by atoms with Gasteiger partial charge in [0.1, 0.15) is 0 Å². The number of carbonyl (C=O) groups is 1. The van der Waals surface area contributed by atoms with Crippen molar-refractivity contribution in [2.24, 2.45) is 0 Å². The molecule has 0 saturated heterocycles. The van der Waals surface area contributed by atoms with Gasteiger partial charge in [-0.05, 0) is 13.3 Å². The Balaban J connectivity index is 2.07. The highest BCUT2D eigenvalue weighted by Gasteiger charge is 2.17. The molecule has 1 unspecified atom stereocenters. The molecule has 1 amide bonds. The topological polar surface area (TPSA) is 66.6 Å². The summed E-state index contributed by atoms with van der Waals surface area (Å²) >= 11 is 0. The number of amides is 1. The van der Waals surface area contributed by atoms with Crippen LogP contribution >= 0.6 is 0 Å². The summed E-state index contributed by atoms with van der Waals surface area (Å²) in [6, 6.07) is 11.1. The Morgan fingerprint density at radius 1 is 1.40 bits per heavy atom. The second-order valence-corrected chi connectivity index (χ2v) is 4.81. The van der Waals surface area contributed by atoms with Crippen LogP contribution in [0.4, 0.5) is 0 Å². The molecule has 20 heavy (non-hydrogen) atoms. The molecule has 0 bridgehead atoms. The zero-order valence-electron chi connectivity index (χ0n) is 11.6. The van der Waals surface area contributed by atoms with Crippen molar-refractivity contribution in [1.29, 1.82) is 0 Å². The number of nitrogens with zero attached hydrogens (tertiary/aromatic N) is 2. The van der Waals surface area contributed by atoms with Gasteiger partial charge in [-0.1, -0.05) is 35.5 Å². The molecule has 0 saturated carbocycles. The maximum absolute atomic E-state index is 12.1. The van der Waals surface area contributed by atoms with Gasteiger partial charge in [-0.3, -0.25) is 4.79 Å². The minimum absolute atomic E-state index is 0.211. The number of aliphatic hydroxyl groups excluding tert-OH is 1. The molecule has 5 heteroatoms. The second kappa shape index (κ2) is 6.34. The van der Waals surface area contributed by atoms with Crippen LogP contribution in [0.1, 0.15) is 23.8 Å². The summed E-state index contributed by atoms with van der Waals surface area (Å²) in [6.07, 6.45) is 0.105. The third-order valence-corrected chi connectivity index (χ3v) is 3.02. The summed E-state index contributed by atoms with van der Waals surface area (Å²) in [7, 11) is 1.68. The number of aliphatic hydroxyl groups is 1. The van der Waals surface area contributed by atoms with E-state index in [1.807, 2.05) is 30.3 Å². The first-order valence-electron chi connectivity index (χ1n) is 6.53. The van der Waals surface area contributed by atoms with Crippen molar-refractivity contribution < 1.29 is 14.4 Å². The molecule has 0 aliphatic rings. The number of benzene rings is 1. The van der Waals surface area contributed by atoms with Gasteiger partial charge in [0, 0.05) is 25.2 Å². The summed E-state index contributed by atoms with van der Waals surface area (Å²) in [5, 5.41) is 13.0. The molecule has 1 heterocycles. The second-order valence-electron chi connectivity index (χ2n) is 4.81. The highest BCUT2D eigenvalue weighted by molar-refractivity contribution is 5.92. The molecule has 1 aromatic carbocycles. The predicted molar refractivity (Wildman–Crippen MR) is 75.2 cm³/mol. The summed E-state index contributed by atoms with van der Waals surface area (Å²) < 4.78 is 5.20. The average Bonchev–Trinajstić information content (AvgIpc) is 2.94. The van der Waals surface area contributed by atoms with Crippen molar-refractivity contribution in [3.8, 4) is 11.3 Å². The van der Waals surface area contributed by atoms with E-state index >= 15 is 0 Å². The lowest BCUT2D eigenvalue weighted by Gasteiger charge is -2.16. The zero-order chi connectivity index (χ0) is 14.5. The Bertz CT molecular complexity index is 564. The fourth-order valence-electron chi connectivity index (χ4n) is 1.79. The zero-order valence-corrected chi connectivity index (χ0v) is 11.6. The molecule has 2 aromatic rings. The van der Waals surface area contributed by atoms with Crippen molar-refractivity contribution >= 4 is 5.91 Å². The van der Waals surface area contributed by atoms with Crippen LogP contribution in [0.15, 0.2) is 40.9 Å². The minimum Gasteiger partial charge on any atom is -0.393 e. The Morgan fingerprint density at radius 3 is 2.75 bits per heavy atom. The molecule has 1 atom stereocenters. The van der Waals surface area contributed by atoms with Gasteiger partial charge >= 0.3 is 0 Å². The summed E-state index contributed by atoms with van der Waals surface area (Å²) in [5.74, 6) is 0.356. The van der Waals surface area contributed by atoms with Crippen molar-refractivity contribution in [2.75, 3.05) is 13.6 Å². The van der Waals surface area contributed by atoms with Crippen LogP contribution in [0.5, 0.6) is 0 Å². The van der Waals surface area contributed by atoms with Gasteiger partial charge in [0.15, 0.2) is 11.5 Å². The van der Waals surface area contributed by atoms with Crippen molar-refractivity contribution in [2.45, 2.75) is 19.4 Å². The van der Waals surface area contributed by atoms with Crippen LogP contribution in [0.2, 0.25) is 0 Å². The third-order valence-electron chi connectivity index (χ3n) is 3.02. The summed E-state index contributed by atoms with van der Waals surface area (Å²) in [5.41, 5.74) is 1.16. The van der Waals surface area contributed by atoms with Crippen LogP contribution < -0.4 is 0 Å². The van der Waals surface area contributed by atoms with E-state index in [4.69, 9.17) is 4.52 Å². The number of hydrogen-bond acceptors (Lipinski definition) is 4. The van der Waals surface area contributed by atoms with Gasteiger partial charge in [-0.15, -0.1) is 0 Å². The van der Waals surface area contributed by atoms with Gasteiger partial charge in [-0.2, -0.15) is 0 Å². The molecule has 0 aliphatic heterocycles. The van der Waals surface area contributed by atoms with E-state index in [0.29, 0.717) is 18.7 Å². The van der Waals surface area contributed by atoms with E-state index in [9.17, 15) is 9.90 Å². The predicted octanol–water partition coefficient (Wildman–Crippen LogP) is 2.18. The molecule has 1 N–H and O–H groups in total. The van der Waals surface area contributed by atoms with E-state index in [2.05, 4.69) is 5.16 Å². The van der Waals surface area contributed by atoms with E-state index in [-0.39, 0.29) is 11.6 Å². The van der Waals surface area contributed by atoms with Crippen LogP contribution in [0, 0.1) is 0 Å². The van der Waals surface area contributed by atoms with Gasteiger partial charge in [0.2, 0.25) is 0 Å². The first-order valence-corrected chi connectivity index (χ1v) is 6.53. The van der Waals surface area contributed by atoms with E-state index < -0.39 is 6.10 Å². The SMILES string of the molecule is CC(O)CCN(C)C(=O)c1cc(-c2ccccc2)on1. The largest absolute Gasteiger partial charge is 0.393 e. The standard InChI is InChI=1S/C15H18N2O3/c1-11(18)8-9-17(2)15(19)13-10-14(20-16-13)12-6-4-3-5-7-12/h3-7,10-11,18H,8-9H2,1-2H3. The molecular formula is C15H18N2O3. The van der Waals surface area contributed by atoms with Gasteiger partial charge < -0.3 is 14.5 Å². The molecule has 2 rings (SSSR count). The summed E-state index contributed by atoms with van der Waals surface area (Å²) in [4.78, 5) is 13.7. The molecule has 1 aromatic heterocycles. The smallest absolute Gasteiger partial charge is 0.275 e. The van der Waals surface area contributed by atoms with Gasteiger partial charge in [-0.25, -0.2) is 0 Å². The Kier molecular flexibility index (Phi) is 4.53. The fraction of sp³-hybridized carbons (Fsp3) is 0.333. The minimum atomic E-state index is -0.428. The molecule has 106 valence electrons. The molecule has 5 nitrogen and oxygen atoms in total. The van der Waals surface area contributed by atoms with Crippen molar-refractivity contribution in [1.82, 2.24) is 10.1 Å². The van der Waals surface area contributed by atoms with Gasteiger partial charge in [0.05, 0.1) is 6.10 Å². The number of hydrogen-bond donors (Lipinski definition) is 1. The average molecular weight is 274 g/mol. The van der Waals surface area contributed by atoms with Crippen LogP contribution in [-0.4, -0.2) is 40.8 Å². The first kappa shape index (κ1) is 14.3. The Labute approximate surface area is 117 Å². The van der Waals surface area contributed by atoms with Crippen LogP contribution in [-0.2, 0) is 0 Å². The Hall–Kier alpha value is -2.14. The monoisotopic (exact) mass is 274 g/mol. The maximum Gasteiger partial charge on any atom is 0.275 e. The van der Waals surface area contributed by atoms with E-state index in [1.54, 1.807) is 20.0 Å². The lowest BCUT2D eigenvalue weighted by Crippen LogP contribution is -2.29. The quantitative estimate of drug-likeness (QED) is 0.907. The lowest BCUT2D eigenvalue weighted by atomic mass is 10.1. The third kappa shape index (κ3) is 3.45. The van der Waals surface area contributed by atoms with Crippen molar-refractivity contribution in [3.05, 3.63) is 42.1 Å². The number of rotatable bonds is 5.